The van der Waals surface area contributed by atoms with Crippen molar-refractivity contribution < 1.29 is 9.59 Å². The van der Waals surface area contributed by atoms with Gasteiger partial charge in [-0.1, -0.05) is 0 Å². The normalized spacial score (nSPS) is 10.6. The van der Waals surface area contributed by atoms with Crippen LogP contribution in [0, 0.1) is 13.8 Å². The van der Waals surface area contributed by atoms with E-state index in [1.54, 1.807) is 36.7 Å². The summed E-state index contributed by atoms with van der Waals surface area (Å²) in [6.45, 7) is 3.64. The van der Waals surface area contributed by atoms with Gasteiger partial charge in [-0.2, -0.15) is 0 Å². The number of hydrogen-bond donors (Lipinski definition) is 0. The van der Waals surface area contributed by atoms with Crippen LogP contribution in [0.1, 0.15) is 32.1 Å². The second kappa shape index (κ2) is 5.40. The van der Waals surface area contributed by atoms with E-state index < -0.39 is 0 Å². The van der Waals surface area contributed by atoms with Crippen LogP contribution in [0.3, 0.4) is 0 Å². The van der Waals surface area contributed by atoms with Crippen LogP contribution in [-0.2, 0) is 0 Å². The van der Waals surface area contributed by atoms with Crippen LogP contribution >= 0.6 is 0 Å². The van der Waals surface area contributed by atoms with Crippen molar-refractivity contribution >= 4 is 11.8 Å². The number of benzene rings is 1. The lowest BCUT2D eigenvalue weighted by atomic mass is 10.1. The zero-order valence-corrected chi connectivity index (χ0v) is 12.2. The van der Waals surface area contributed by atoms with Gasteiger partial charge in [-0.25, -0.2) is 9.97 Å². The van der Waals surface area contributed by atoms with Gasteiger partial charge in [0.25, 0.3) is 11.8 Å². The third-order valence-corrected chi connectivity index (χ3v) is 3.27. The fraction of sp³-hybridized carbons (Fsp3) is 0.125. The van der Waals surface area contributed by atoms with Gasteiger partial charge in [0, 0.05) is 23.5 Å². The summed E-state index contributed by atoms with van der Waals surface area (Å²) in [5, 5.41) is 0. The predicted molar refractivity (Wildman–Crippen MR) is 79.8 cm³/mol. The van der Waals surface area contributed by atoms with Crippen molar-refractivity contribution in [1.82, 2.24) is 19.1 Å². The summed E-state index contributed by atoms with van der Waals surface area (Å²) in [7, 11) is 0. The van der Waals surface area contributed by atoms with Crippen molar-refractivity contribution in [3.63, 3.8) is 0 Å². The highest BCUT2D eigenvalue weighted by Gasteiger charge is 2.12. The first-order valence-corrected chi connectivity index (χ1v) is 6.75. The summed E-state index contributed by atoms with van der Waals surface area (Å²) in [4.78, 5) is 32.5. The van der Waals surface area contributed by atoms with E-state index in [0.717, 1.165) is 11.4 Å². The SMILES string of the molecule is Cc1cn(C(=O)c2ccc(C(=O)n3cnc(C)c3)cc2)cn1. The number of carbonyl (C=O) groups is 2. The van der Waals surface area contributed by atoms with Gasteiger partial charge in [0.1, 0.15) is 12.7 Å². The molecule has 2 aromatic heterocycles. The predicted octanol–water partition coefficient (Wildman–Crippen LogP) is 2.07. The molecule has 3 aromatic rings. The molecule has 0 fully saturated rings. The molecule has 6 nitrogen and oxygen atoms in total. The van der Waals surface area contributed by atoms with E-state index in [2.05, 4.69) is 9.97 Å². The number of rotatable bonds is 2. The number of carbonyl (C=O) groups excluding carboxylic acids is 2. The molecule has 22 heavy (non-hydrogen) atoms. The van der Waals surface area contributed by atoms with Gasteiger partial charge in [-0.05, 0) is 38.1 Å². The van der Waals surface area contributed by atoms with Gasteiger partial charge >= 0.3 is 0 Å². The van der Waals surface area contributed by atoms with Crippen LogP contribution < -0.4 is 0 Å². The van der Waals surface area contributed by atoms with Crippen LogP contribution in [0.25, 0.3) is 0 Å². The Morgan fingerprint density at radius 1 is 0.773 bits per heavy atom. The van der Waals surface area contributed by atoms with Crippen molar-refractivity contribution in [3.05, 3.63) is 71.8 Å². The summed E-state index contributed by atoms with van der Waals surface area (Å²) >= 11 is 0. The lowest BCUT2D eigenvalue weighted by Gasteiger charge is -2.04. The van der Waals surface area contributed by atoms with Crippen molar-refractivity contribution in [1.29, 1.82) is 0 Å². The Morgan fingerprint density at radius 2 is 1.14 bits per heavy atom. The molecule has 0 bridgehead atoms. The number of aryl methyl sites for hydroxylation is 2. The molecule has 2 heterocycles. The molecule has 0 saturated heterocycles. The topological polar surface area (TPSA) is 69.8 Å². The minimum absolute atomic E-state index is 0.182. The minimum atomic E-state index is -0.182. The molecule has 0 aliphatic heterocycles. The molecule has 1 aromatic carbocycles. The number of aromatic nitrogens is 4. The van der Waals surface area contributed by atoms with E-state index in [1.807, 2.05) is 13.8 Å². The molecule has 0 spiro atoms. The van der Waals surface area contributed by atoms with E-state index in [0.29, 0.717) is 11.1 Å². The first kappa shape index (κ1) is 13.9. The maximum absolute atomic E-state index is 12.2. The highest BCUT2D eigenvalue weighted by atomic mass is 16.2. The van der Waals surface area contributed by atoms with Gasteiger partial charge in [0.05, 0.1) is 11.4 Å². The van der Waals surface area contributed by atoms with E-state index >= 15 is 0 Å². The van der Waals surface area contributed by atoms with Crippen molar-refractivity contribution in [2.75, 3.05) is 0 Å². The van der Waals surface area contributed by atoms with Gasteiger partial charge in [0.15, 0.2) is 0 Å². The fourth-order valence-electron chi connectivity index (χ4n) is 2.12. The molecule has 0 radical (unpaired) electrons. The number of imidazole rings is 2. The monoisotopic (exact) mass is 294 g/mol. The molecule has 0 atom stereocenters. The maximum Gasteiger partial charge on any atom is 0.263 e. The Balaban J connectivity index is 1.83. The molecular formula is C16H14N4O2. The summed E-state index contributed by atoms with van der Waals surface area (Å²) in [5.74, 6) is -0.365. The van der Waals surface area contributed by atoms with E-state index in [-0.39, 0.29) is 11.8 Å². The quantitative estimate of drug-likeness (QED) is 0.725. The third kappa shape index (κ3) is 2.58. The van der Waals surface area contributed by atoms with Gasteiger partial charge < -0.3 is 0 Å². The Kier molecular flexibility index (Phi) is 3.42. The Labute approximate surface area is 127 Å². The highest BCUT2D eigenvalue weighted by Crippen LogP contribution is 2.09. The van der Waals surface area contributed by atoms with Crippen LogP contribution in [0.2, 0.25) is 0 Å². The van der Waals surface area contributed by atoms with Crippen LogP contribution in [-0.4, -0.2) is 30.9 Å². The van der Waals surface area contributed by atoms with Gasteiger partial charge in [-0.3, -0.25) is 18.7 Å². The van der Waals surface area contributed by atoms with Crippen molar-refractivity contribution in [3.8, 4) is 0 Å². The average molecular weight is 294 g/mol. The summed E-state index contributed by atoms with van der Waals surface area (Å²) < 4.78 is 2.84. The molecule has 0 N–H and O–H groups in total. The molecule has 0 amide bonds. The summed E-state index contributed by atoms with van der Waals surface area (Å²) in [6, 6.07) is 6.53. The summed E-state index contributed by atoms with van der Waals surface area (Å²) in [5.41, 5.74) is 2.54. The van der Waals surface area contributed by atoms with E-state index in [4.69, 9.17) is 0 Å². The second-order valence-corrected chi connectivity index (χ2v) is 5.03. The largest absolute Gasteiger partial charge is 0.272 e. The molecule has 0 saturated carbocycles. The zero-order chi connectivity index (χ0) is 15.7. The molecule has 0 unspecified atom stereocenters. The maximum atomic E-state index is 12.2. The lowest BCUT2D eigenvalue weighted by molar-refractivity contribution is 0.0948. The molecular weight excluding hydrogens is 280 g/mol. The standard InChI is InChI=1S/C16H14N4O2/c1-11-7-19(9-17-11)15(21)13-3-5-14(6-4-13)16(22)20-8-12(2)18-10-20/h3-10H,1-2H3. The highest BCUT2D eigenvalue weighted by molar-refractivity contribution is 5.99. The second-order valence-electron chi connectivity index (χ2n) is 5.03. The fourth-order valence-corrected chi connectivity index (χ4v) is 2.12. The minimum Gasteiger partial charge on any atom is -0.272 e. The van der Waals surface area contributed by atoms with E-state index in [9.17, 15) is 9.59 Å². The lowest BCUT2D eigenvalue weighted by Crippen LogP contribution is -2.12. The van der Waals surface area contributed by atoms with Crippen LogP contribution in [0.4, 0.5) is 0 Å². The molecule has 6 heteroatoms. The molecule has 3 rings (SSSR count). The first-order valence-electron chi connectivity index (χ1n) is 6.75. The van der Waals surface area contributed by atoms with Crippen molar-refractivity contribution in [2.24, 2.45) is 0 Å². The average Bonchev–Trinajstić information content (AvgIpc) is 3.14. The van der Waals surface area contributed by atoms with Crippen molar-refractivity contribution in [2.45, 2.75) is 13.8 Å². The Morgan fingerprint density at radius 3 is 1.41 bits per heavy atom. The zero-order valence-electron chi connectivity index (χ0n) is 12.2. The first-order chi connectivity index (χ1) is 10.5. The van der Waals surface area contributed by atoms with Crippen LogP contribution in [0.15, 0.2) is 49.3 Å². The number of nitrogens with zero attached hydrogens (tertiary/aromatic N) is 4. The summed E-state index contributed by atoms with van der Waals surface area (Å²) in [6.07, 6.45) is 6.28. The van der Waals surface area contributed by atoms with Gasteiger partial charge in [0.2, 0.25) is 0 Å². The Bertz CT molecular complexity index is 772. The smallest absolute Gasteiger partial charge is 0.263 e. The third-order valence-electron chi connectivity index (χ3n) is 3.27. The number of hydrogen-bond acceptors (Lipinski definition) is 4. The van der Waals surface area contributed by atoms with E-state index in [1.165, 1.54) is 21.8 Å². The molecule has 0 aliphatic rings. The molecule has 110 valence electrons. The van der Waals surface area contributed by atoms with Crippen LogP contribution in [0.5, 0.6) is 0 Å². The molecule has 0 aliphatic carbocycles. The Hall–Kier alpha value is -3.02. The van der Waals surface area contributed by atoms with Gasteiger partial charge in [-0.15, -0.1) is 0 Å².